The smallest absolute Gasteiger partial charge is 0.335 e. The van der Waals surface area contributed by atoms with E-state index in [4.69, 9.17) is 0 Å². The lowest BCUT2D eigenvalue weighted by molar-refractivity contribution is 0.495. The maximum absolute atomic E-state index is 13.9. The molecule has 0 spiro atoms. The monoisotopic (exact) mass is 486 g/mol. The Kier molecular flexibility index (Phi) is 6.61. The summed E-state index contributed by atoms with van der Waals surface area (Å²) in [7, 11) is 0. The van der Waals surface area contributed by atoms with Crippen molar-refractivity contribution in [2.45, 2.75) is 58.0 Å². The van der Waals surface area contributed by atoms with Crippen LogP contribution in [-0.2, 0) is 24.9 Å². The summed E-state index contributed by atoms with van der Waals surface area (Å²) in [5, 5.41) is 25.9. The van der Waals surface area contributed by atoms with Gasteiger partial charge in [-0.2, -0.15) is 5.21 Å². The molecule has 0 amide bonds. The van der Waals surface area contributed by atoms with Crippen molar-refractivity contribution in [1.29, 1.82) is 0 Å². The van der Waals surface area contributed by atoms with E-state index < -0.39 is 5.41 Å². The molecular weight excluding hydrogens is 456 g/mol. The predicted octanol–water partition coefficient (Wildman–Crippen LogP) is 2.73. The molecule has 36 heavy (non-hydrogen) atoms. The van der Waals surface area contributed by atoms with Crippen molar-refractivity contribution >= 4 is 0 Å². The molecule has 5 rings (SSSR count). The highest BCUT2D eigenvalue weighted by molar-refractivity contribution is 5.57. The number of rotatable bonds is 10. The van der Waals surface area contributed by atoms with Crippen LogP contribution >= 0.6 is 0 Å². The average Bonchev–Trinajstić information content (AvgIpc) is 3.66. The molecule has 0 fully saturated rings. The zero-order chi connectivity index (χ0) is 25.0. The molecule has 1 aliphatic heterocycles. The van der Waals surface area contributed by atoms with Crippen molar-refractivity contribution in [3.8, 4) is 17.3 Å². The molecule has 3 aromatic heterocycles. The first kappa shape index (κ1) is 23.5. The molecule has 186 valence electrons. The Morgan fingerprint density at radius 2 is 1.94 bits per heavy atom. The van der Waals surface area contributed by atoms with E-state index in [1.807, 2.05) is 39.9 Å². The van der Waals surface area contributed by atoms with Crippen LogP contribution < -0.4 is 11.0 Å². The first-order valence-corrected chi connectivity index (χ1v) is 12.3. The number of unbranched alkanes of at least 4 members (excludes halogenated alkanes) is 1. The van der Waals surface area contributed by atoms with Crippen LogP contribution in [-0.4, -0.2) is 44.5 Å². The second kappa shape index (κ2) is 10.1. The number of aromatic nitrogens is 9. The first-order valence-electron chi connectivity index (χ1n) is 12.3. The summed E-state index contributed by atoms with van der Waals surface area (Å²) in [4.78, 5) is 13.9. The molecule has 0 saturated carbocycles. The summed E-state index contributed by atoms with van der Waals surface area (Å²) in [5.41, 5.74) is 2.17. The van der Waals surface area contributed by atoms with Crippen LogP contribution in [0, 0.1) is 0 Å². The third-order valence-electron chi connectivity index (χ3n) is 6.50. The minimum atomic E-state index is -0.556. The van der Waals surface area contributed by atoms with Crippen molar-refractivity contribution in [3.63, 3.8) is 0 Å². The number of H-pyrrole nitrogens is 1. The number of aryl methyl sites for hydroxylation is 2. The second-order valence-corrected chi connectivity index (χ2v) is 8.98. The van der Waals surface area contributed by atoms with Gasteiger partial charge < -0.3 is 5.32 Å². The van der Waals surface area contributed by atoms with Crippen molar-refractivity contribution in [3.05, 3.63) is 83.1 Å². The largest absolute Gasteiger partial charge is 0.368 e. The molecule has 4 heterocycles. The molecule has 0 unspecified atom stereocenters. The fraction of sp³-hybridized carbons (Fsp3) is 0.360. The maximum Gasteiger partial charge on any atom is 0.335 e. The van der Waals surface area contributed by atoms with Crippen LogP contribution in [0.3, 0.4) is 0 Å². The summed E-state index contributed by atoms with van der Waals surface area (Å²) in [6, 6.07) is 8.05. The Morgan fingerprint density at radius 1 is 1.08 bits per heavy atom. The van der Waals surface area contributed by atoms with Gasteiger partial charge in [0.2, 0.25) is 11.8 Å². The number of nitrogens with one attached hydrogen (secondary N) is 2. The maximum atomic E-state index is 13.9. The Morgan fingerprint density at radius 3 is 2.69 bits per heavy atom. The van der Waals surface area contributed by atoms with E-state index in [-0.39, 0.29) is 5.69 Å². The minimum absolute atomic E-state index is 0.125. The number of dihydropyridines is 1. The normalized spacial score (nSPS) is 14.3. The molecular formula is C25H30N10O. The number of tetrazole rings is 1. The van der Waals surface area contributed by atoms with Gasteiger partial charge in [0.15, 0.2) is 0 Å². The van der Waals surface area contributed by atoms with Gasteiger partial charge in [0, 0.05) is 30.5 Å². The van der Waals surface area contributed by atoms with Gasteiger partial charge in [-0.1, -0.05) is 50.6 Å². The number of hydrogen-bond donors (Lipinski definition) is 2. The van der Waals surface area contributed by atoms with Crippen LogP contribution in [0.25, 0.3) is 17.3 Å². The predicted molar refractivity (Wildman–Crippen MR) is 135 cm³/mol. The second-order valence-electron chi connectivity index (χ2n) is 8.98. The molecule has 2 N–H and O–H groups in total. The van der Waals surface area contributed by atoms with Crippen molar-refractivity contribution in [1.82, 2.24) is 49.8 Å². The van der Waals surface area contributed by atoms with E-state index in [1.54, 1.807) is 10.9 Å². The summed E-state index contributed by atoms with van der Waals surface area (Å²) < 4.78 is 5.43. The van der Waals surface area contributed by atoms with Crippen LogP contribution in [0.1, 0.15) is 44.4 Å². The SMILES string of the molecule is CCCCc1cn(-c2nncn2CCC)c(=O)n1CC1(c2cccc(-c3nn[nH]n3)c2)C=CNC=C1. The van der Waals surface area contributed by atoms with Crippen LogP contribution in [0.2, 0.25) is 0 Å². The molecule has 1 aliphatic rings. The minimum Gasteiger partial charge on any atom is -0.368 e. The van der Waals surface area contributed by atoms with Gasteiger partial charge in [-0.3, -0.25) is 9.13 Å². The molecule has 11 nitrogen and oxygen atoms in total. The Labute approximate surface area is 208 Å². The lowest BCUT2D eigenvalue weighted by Gasteiger charge is -2.31. The summed E-state index contributed by atoms with van der Waals surface area (Å²) in [5.74, 6) is 1.07. The average molecular weight is 487 g/mol. The van der Waals surface area contributed by atoms with Gasteiger partial charge in [0.25, 0.3) is 0 Å². The van der Waals surface area contributed by atoms with Crippen LogP contribution in [0.5, 0.6) is 0 Å². The van der Waals surface area contributed by atoms with E-state index >= 15 is 0 Å². The fourth-order valence-electron chi connectivity index (χ4n) is 4.62. The quantitative estimate of drug-likeness (QED) is 0.353. The molecule has 0 bridgehead atoms. The molecule has 0 radical (unpaired) electrons. The number of imidazole rings is 1. The summed E-state index contributed by atoms with van der Waals surface area (Å²) in [6.07, 6.45) is 15.3. The fourth-order valence-corrected chi connectivity index (χ4v) is 4.62. The van der Waals surface area contributed by atoms with Crippen LogP contribution in [0.15, 0.2) is 66.1 Å². The molecule has 0 aliphatic carbocycles. The lowest BCUT2D eigenvalue weighted by atomic mass is 9.78. The molecule has 4 aromatic rings. The number of hydrogen-bond acceptors (Lipinski definition) is 7. The lowest BCUT2D eigenvalue weighted by Crippen LogP contribution is -2.36. The molecule has 1 aromatic carbocycles. The van der Waals surface area contributed by atoms with E-state index in [2.05, 4.69) is 74.3 Å². The van der Waals surface area contributed by atoms with Crippen molar-refractivity contribution in [2.24, 2.45) is 0 Å². The Bertz CT molecular complexity index is 1410. The van der Waals surface area contributed by atoms with Gasteiger partial charge in [-0.15, -0.1) is 20.4 Å². The summed E-state index contributed by atoms with van der Waals surface area (Å²) >= 11 is 0. The van der Waals surface area contributed by atoms with E-state index in [0.29, 0.717) is 18.3 Å². The van der Waals surface area contributed by atoms with E-state index in [9.17, 15) is 4.79 Å². The van der Waals surface area contributed by atoms with Crippen LogP contribution in [0.4, 0.5) is 0 Å². The van der Waals surface area contributed by atoms with Gasteiger partial charge in [-0.05, 0) is 48.5 Å². The standard InChI is InChI=1S/C25H30N10O/c1-3-5-9-21-16-34(23-30-27-18-33(23)14-4-2)24(36)35(21)17-25(10-12-26-13-11-25)20-8-6-7-19(15-20)22-28-31-32-29-22/h6-8,10-13,15-16,18,26H,3-5,9,14,17H2,1-2H3,(H,28,29,31,32). The highest BCUT2D eigenvalue weighted by Crippen LogP contribution is 2.33. The Balaban J connectivity index is 1.60. The van der Waals surface area contributed by atoms with Gasteiger partial charge in [0.1, 0.15) is 6.33 Å². The highest BCUT2D eigenvalue weighted by atomic mass is 16.2. The summed E-state index contributed by atoms with van der Waals surface area (Å²) in [6.45, 7) is 5.42. The molecule has 0 atom stereocenters. The number of nitrogens with zero attached hydrogens (tertiary/aromatic N) is 8. The third-order valence-corrected chi connectivity index (χ3v) is 6.50. The molecule has 0 saturated heterocycles. The van der Waals surface area contributed by atoms with Crippen molar-refractivity contribution < 1.29 is 0 Å². The molecule has 11 heteroatoms. The zero-order valence-electron chi connectivity index (χ0n) is 20.5. The van der Waals surface area contributed by atoms with Gasteiger partial charge in [-0.25, -0.2) is 9.36 Å². The Hall–Kier alpha value is -4.28. The van der Waals surface area contributed by atoms with Gasteiger partial charge in [0.05, 0.1) is 5.41 Å². The highest BCUT2D eigenvalue weighted by Gasteiger charge is 2.31. The van der Waals surface area contributed by atoms with E-state index in [0.717, 1.165) is 49.0 Å². The zero-order valence-corrected chi connectivity index (χ0v) is 20.5. The number of aromatic amines is 1. The van der Waals surface area contributed by atoms with E-state index in [1.165, 1.54) is 0 Å². The topological polar surface area (TPSA) is 124 Å². The number of allylic oxidation sites excluding steroid dienone is 2. The third kappa shape index (κ3) is 4.39. The van der Waals surface area contributed by atoms with Gasteiger partial charge >= 0.3 is 5.69 Å². The first-order chi connectivity index (χ1) is 17.6. The number of benzene rings is 1. The van der Waals surface area contributed by atoms with Crippen molar-refractivity contribution in [2.75, 3.05) is 0 Å².